The van der Waals surface area contributed by atoms with Gasteiger partial charge in [0.25, 0.3) is 0 Å². The minimum absolute atomic E-state index is 0.417. The number of ether oxygens (including phenoxy) is 1. The van der Waals surface area contributed by atoms with E-state index < -0.39 is 0 Å². The molecule has 1 aliphatic rings. The van der Waals surface area contributed by atoms with Gasteiger partial charge in [-0.2, -0.15) is 15.0 Å². The van der Waals surface area contributed by atoms with Crippen LogP contribution in [0.4, 0.5) is 11.9 Å². The van der Waals surface area contributed by atoms with E-state index >= 15 is 0 Å². The SMILES string of the molecule is CCCOc1nc(NCC)nc(N2CC(C)C(C)C2)n1. The van der Waals surface area contributed by atoms with Gasteiger partial charge in [0.1, 0.15) is 0 Å². The molecule has 6 nitrogen and oxygen atoms in total. The van der Waals surface area contributed by atoms with Crippen LogP contribution in [-0.2, 0) is 0 Å². The topological polar surface area (TPSA) is 63.2 Å². The lowest BCUT2D eigenvalue weighted by Crippen LogP contribution is -2.23. The van der Waals surface area contributed by atoms with Crippen LogP contribution in [0.25, 0.3) is 0 Å². The molecule has 0 aliphatic carbocycles. The van der Waals surface area contributed by atoms with E-state index in [1.807, 2.05) is 6.92 Å². The van der Waals surface area contributed by atoms with Crippen LogP contribution in [0, 0.1) is 11.8 Å². The van der Waals surface area contributed by atoms with Gasteiger partial charge in [0.15, 0.2) is 0 Å². The normalized spacial score (nSPS) is 22.1. The summed E-state index contributed by atoms with van der Waals surface area (Å²) in [4.78, 5) is 15.4. The minimum Gasteiger partial charge on any atom is -0.463 e. The fourth-order valence-electron chi connectivity index (χ4n) is 2.28. The highest BCUT2D eigenvalue weighted by molar-refractivity contribution is 5.39. The summed E-state index contributed by atoms with van der Waals surface area (Å²) in [6.45, 7) is 12.0. The highest BCUT2D eigenvalue weighted by atomic mass is 16.5. The van der Waals surface area contributed by atoms with Gasteiger partial charge in [-0.1, -0.05) is 20.8 Å². The highest BCUT2D eigenvalue weighted by Gasteiger charge is 2.28. The Hall–Kier alpha value is -1.59. The van der Waals surface area contributed by atoms with Crippen molar-refractivity contribution in [3.05, 3.63) is 0 Å². The van der Waals surface area contributed by atoms with Crippen molar-refractivity contribution >= 4 is 11.9 Å². The summed E-state index contributed by atoms with van der Waals surface area (Å²) >= 11 is 0. The summed E-state index contributed by atoms with van der Waals surface area (Å²) in [5.74, 6) is 2.64. The predicted octanol–water partition coefficient (Wildman–Crippen LogP) is 2.18. The monoisotopic (exact) mass is 279 g/mol. The standard InChI is InChI=1S/C14H25N5O/c1-5-7-20-14-17-12(15-6-2)16-13(18-14)19-8-10(3)11(4)9-19/h10-11H,5-9H2,1-4H3,(H,15,16,17,18). The van der Waals surface area contributed by atoms with E-state index in [2.05, 4.69) is 45.9 Å². The first-order valence-corrected chi connectivity index (χ1v) is 7.51. The molecule has 6 heteroatoms. The summed E-state index contributed by atoms with van der Waals surface area (Å²) < 4.78 is 5.57. The minimum atomic E-state index is 0.417. The van der Waals surface area contributed by atoms with Crippen molar-refractivity contribution in [3.63, 3.8) is 0 Å². The molecule has 0 aromatic carbocycles. The van der Waals surface area contributed by atoms with Crippen LogP contribution in [0.2, 0.25) is 0 Å². The number of anilines is 2. The third kappa shape index (κ3) is 3.49. The van der Waals surface area contributed by atoms with Gasteiger partial charge in [-0.25, -0.2) is 0 Å². The maximum atomic E-state index is 5.57. The third-order valence-corrected chi connectivity index (χ3v) is 3.64. The quantitative estimate of drug-likeness (QED) is 0.861. The first-order valence-electron chi connectivity index (χ1n) is 7.51. The molecule has 2 heterocycles. The maximum absolute atomic E-state index is 5.57. The van der Waals surface area contributed by atoms with Crippen LogP contribution < -0.4 is 15.0 Å². The zero-order valence-corrected chi connectivity index (χ0v) is 12.9. The molecular weight excluding hydrogens is 254 g/mol. The molecule has 1 saturated heterocycles. The summed E-state index contributed by atoms with van der Waals surface area (Å²) in [5, 5.41) is 3.14. The van der Waals surface area contributed by atoms with Crippen molar-refractivity contribution in [1.29, 1.82) is 0 Å². The van der Waals surface area contributed by atoms with Crippen LogP contribution >= 0.6 is 0 Å². The second-order valence-corrected chi connectivity index (χ2v) is 5.48. The lowest BCUT2D eigenvalue weighted by molar-refractivity contribution is 0.292. The van der Waals surface area contributed by atoms with Gasteiger partial charge in [-0.05, 0) is 25.2 Å². The van der Waals surface area contributed by atoms with Crippen LogP contribution in [0.5, 0.6) is 6.01 Å². The number of nitrogens with zero attached hydrogens (tertiary/aromatic N) is 4. The molecule has 0 amide bonds. The molecule has 1 N–H and O–H groups in total. The average Bonchev–Trinajstić information content (AvgIpc) is 2.77. The summed E-state index contributed by atoms with van der Waals surface area (Å²) in [5.41, 5.74) is 0. The van der Waals surface area contributed by atoms with Crippen LogP contribution in [0.1, 0.15) is 34.1 Å². The van der Waals surface area contributed by atoms with E-state index in [-0.39, 0.29) is 0 Å². The third-order valence-electron chi connectivity index (χ3n) is 3.64. The lowest BCUT2D eigenvalue weighted by Gasteiger charge is -2.17. The van der Waals surface area contributed by atoms with Crippen molar-refractivity contribution in [1.82, 2.24) is 15.0 Å². The van der Waals surface area contributed by atoms with Gasteiger partial charge in [0.05, 0.1) is 6.61 Å². The summed E-state index contributed by atoms with van der Waals surface area (Å²) in [7, 11) is 0. The Morgan fingerprint density at radius 1 is 1.15 bits per heavy atom. The molecule has 1 aromatic heterocycles. The Kier molecular flexibility index (Phi) is 4.98. The number of aromatic nitrogens is 3. The van der Waals surface area contributed by atoms with E-state index in [4.69, 9.17) is 4.74 Å². The molecule has 2 rings (SSSR count). The van der Waals surface area contributed by atoms with Gasteiger partial charge >= 0.3 is 6.01 Å². The smallest absolute Gasteiger partial charge is 0.323 e. The Morgan fingerprint density at radius 3 is 2.45 bits per heavy atom. The molecule has 0 radical (unpaired) electrons. The van der Waals surface area contributed by atoms with E-state index in [0.717, 1.165) is 32.0 Å². The second kappa shape index (κ2) is 6.72. The number of nitrogens with one attached hydrogen (secondary N) is 1. The van der Waals surface area contributed by atoms with Crippen molar-refractivity contribution in [2.24, 2.45) is 11.8 Å². The van der Waals surface area contributed by atoms with E-state index in [0.29, 0.717) is 30.4 Å². The van der Waals surface area contributed by atoms with Gasteiger partial charge in [0.2, 0.25) is 11.9 Å². The average molecular weight is 279 g/mol. The fraction of sp³-hybridized carbons (Fsp3) is 0.786. The predicted molar refractivity (Wildman–Crippen MR) is 80.3 cm³/mol. The lowest BCUT2D eigenvalue weighted by atomic mass is 10.0. The highest BCUT2D eigenvalue weighted by Crippen LogP contribution is 2.26. The largest absolute Gasteiger partial charge is 0.463 e. The Bertz CT molecular complexity index is 430. The van der Waals surface area contributed by atoms with Crippen molar-refractivity contribution in [2.75, 3.05) is 36.5 Å². The molecule has 1 aromatic rings. The maximum Gasteiger partial charge on any atom is 0.323 e. The number of hydrogen-bond donors (Lipinski definition) is 1. The summed E-state index contributed by atoms with van der Waals surface area (Å²) in [6, 6.07) is 0.417. The molecule has 0 spiro atoms. The fourth-order valence-corrected chi connectivity index (χ4v) is 2.28. The Labute approximate surface area is 121 Å². The molecule has 0 bridgehead atoms. The number of rotatable bonds is 6. The second-order valence-electron chi connectivity index (χ2n) is 5.48. The first-order chi connectivity index (χ1) is 9.63. The van der Waals surface area contributed by atoms with Gasteiger partial charge < -0.3 is 15.0 Å². The van der Waals surface area contributed by atoms with Crippen LogP contribution in [0.15, 0.2) is 0 Å². The van der Waals surface area contributed by atoms with Crippen LogP contribution in [0.3, 0.4) is 0 Å². The van der Waals surface area contributed by atoms with Crippen molar-refractivity contribution in [3.8, 4) is 6.01 Å². The Balaban J connectivity index is 2.20. The Morgan fingerprint density at radius 2 is 1.85 bits per heavy atom. The van der Waals surface area contributed by atoms with Crippen LogP contribution in [-0.4, -0.2) is 41.2 Å². The van der Waals surface area contributed by atoms with Crippen molar-refractivity contribution in [2.45, 2.75) is 34.1 Å². The molecule has 20 heavy (non-hydrogen) atoms. The molecular formula is C14H25N5O. The van der Waals surface area contributed by atoms with E-state index in [1.54, 1.807) is 0 Å². The first kappa shape index (κ1) is 14.8. The van der Waals surface area contributed by atoms with Crippen molar-refractivity contribution < 1.29 is 4.74 Å². The molecule has 2 unspecified atom stereocenters. The molecule has 2 atom stereocenters. The van der Waals surface area contributed by atoms with E-state index in [1.165, 1.54) is 0 Å². The zero-order valence-electron chi connectivity index (χ0n) is 12.9. The molecule has 0 saturated carbocycles. The molecule has 1 aliphatic heterocycles. The number of hydrogen-bond acceptors (Lipinski definition) is 6. The van der Waals surface area contributed by atoms with E-state index in [9.17, 15) is 0 Å². The van der Waals surface area contributed by atoms with Gasteiger partial charge in [0, 0.05) is 19.6 Å². The van der Waals surface area contributed by atoms with Gasteiger partial charge in [-0.15, -0.1) is 0 Å². The molecule has 1 fully saturated rings. The zero-order chi connectivity index (χ0) is 14.5. The summed E-state index contributed by atoms with van der Waals surface area (Å²) in [6.07, 6.45) is 0.940. The van der Waals surface area contributed by atoms with Gasteiger partial charge in [-0.3, -0.25) is 0 Å². The molecule has 112 valence electrons.